The van der Waals surface area contributed by atoms with Gasteiger partial charge in [0.25, 0.3) is 0 Å². The lowest BCUT2D eigenvalue weighted by atomic mass is 9.72. The number of phenolic OH excluding ortho intramolecular Hbond substituents is 1. The van der Waals surface area contributed by atoms with E-state index in [-0.39, 0.29) is 23.4 Å². The van der Waals surface area contributed by atoms with Crippen molar-refractivity contribution in [3.05, 3.63) is 59.5 Å². The van der Waals surface area contributed by atoms with Gasteiger partial charge >= 0.3 is 5.97 Å². The SMILES string of the molecule is CC1COC2(CCC(C(=O)O)CC2)c2c1n(-c1ccc(F)cc1)c1cccc(O)c21. The molecule has 0 bridgehead atoms. The molecule has 1 saturated carbocycles. The van der Waals surface area contributed by atoms with Gasteiger partial charge in [0.05, 0.1) is 23.6 Å². The Balaban J connectivity index is 1.77. The predicted molar refractivity (Wildman–Crippen MR) is 111 cm³/mol. The Morgan fingerprint density at radius 1 is 1.17 bits per heavy atom. The molecule has 2 aliphatic rings. The van der Waals surface area contributed by atoms with Crippen LogP contribution in [0.4, 0.5) is 4.39 Å². The second-order valence-electron chi connectivity index (χ2n) is 8.56. The maximum Gasteiger partial charge on any atom is 0.306 e. The molecule has 1 atom stereocenters. The molecule has 2 aromatic carbocycles. The quantitative estimate of drug-likeness (QED) is 0.619. The number of fused-ring (bicyclic) bond motifs is 4. The van der Waals surface area contributed by atoms with E-state index < -0.39 is 11.6 Å². The van der Waals surface area contributed by atoms with E-state index in [0.29, 0.717) is 32.3 Å². The number of carboxylic acid groups (broad SMARTS) is 1. The van der Waals surface area contributed by atoms with Crippen LogP contribution in [0.1, 0.15) is 49.8 Å². The Labute approximate surface area is 173 Å². The summed E-state index contributed by atoms with van der Waals surface area (Å²) in [5.74, 6) is -1.17. The number of carbonyl (C=O) groups is 1. The van der Waals surface area contributed by atoms with E-state index in [1.54, 1.807) is 18.2 Å². The van der Waals surface area contributed by atoms with E-state index in [9.17, 15) is 19.4 Å². The fourth-order valence-corrected chi connectivity index (χ4v) is 5.30. The number of carboxylic acids is 1. The monoisotopic (exact) mass is 409 g/mol. The molecule has 1 unspecified atom stereocenters. The number of hydrogen-bond donors (Lipinski definition) is 2. The number of hydrogen-bond acceptors (Lipinski definition) is 3. The van der Waals surface area contributed by atoms with Crippen LogP contribution in [0, 0.1) is 11.7 Å². The van der Waals surface area contributed by atoms with E-state index in [1.165, 1.54) is 12.1 Å². The molecular weight excluding hydrogens is 385 g/mol. The molecular formula is C24H24FNO4. The fourth-order valence-electron chi connectivity index (χ4n) is 5.30. The lowest BCUT2D eigenvalue weighted by molar-refractivity contribution is -0.148. The smallest absolute Gasteiger partial charge is 0.306 e. The molecule has 0 radical (unpaired) electrons. The average Bonchev–Trinajstić information content (AvgIpc) is 3.10. The van der Waals surface area contributed by atoms with Gasteiger partial charge in [0.1, 0.15) is 11.6 Å². The third-order valence-electron chi connectivity index (χ3n) is 6.77. The van der Waals surface area contributed by atoms with Crippen LogP contribution >= 0.6 is 0 Å². The summed E-state index contributed by atoms with van der Waals surface area (Å²) in [6, 6.07) is 11.8. The molecule has 156 valence electrons. The highest BCUT2D eigenvalue weighted by molar-refractivity contribution is 5.93. The Kier molecular flexibility index (Phi) is 4.36. The largest absolute Gasteiger partial charge is 0.507 e. The number of aliphatic carboxylic acids is 1. The van der Waals surface area contributed by atoms with Crippen molar-refractivity contribution in [1.82, 2.24) is 4.57 Å². The van der Waals surface area contributed by atoms with Gasteiger partial charge in [-0.2, -0.15) is 0 Å². The zero-order chi connectivity index (χ0) is 21.0. The van der Waals surface area contributed by atoms with Crippen molar-refractivity contribution in [1.29, 1.82) is 0 Å². The normalized spacial score (nSPS) is 26.1. The molecule has 1 spiro atoms. The van der Waals surface area contributed by atoms with Gasteiger partial charge in [-0.1, -0.05) is 13.0 Å². The van der Waals surface area contributed by atoms with Crippen LogP contribution in [0.3, 0.4) is 0 Å². The number of rotatable bonds is 2. The van der Waals surface area contributed by atoms with E-state index in [1.807, 2.05) is 12.1 Å². The highest BCUT2D eigenvalue weighted by atomic mass is 19.1. The third kappa shape index (κ3) is 2.74. The predicted octanol–water partition coefficient (Wildman–Crippen LogP) is 5.08. The van der Waals surface area contributed by atoms with Crippen molar-refractivity contribution >= 4 is 16.9 Å². The van der Waals surface area contributed by atoms with Gasteiger partial charge in [-0.15, -0.1) is 0 Å². The minimum atomic E-state index is -0.758. The van der Waals surface area contributed by atoms with Gasteiger partial charge in [0, 0.05) is 28.2 Å². The van der Waals surface area contributed by atoms with Gasteiger partial charge in [-0.05, 0) is 62.1 Å². The van der Waals surface area contributed by atoms with Crippen molar-refractivity contribution < 1.29 is 24.1 Å². The molecule has 1 aromatic heterocycles. The Bertz CT molecular complexity index is 1130. The summed E-state index contributed by atoms with van der Waals surface area (Å²) in [5.41, 5.74) is 3.08. The zero-order valence-corrected chi connectivity index (χ0v) is 16.8. The van der Waals surface area contributed by atoms with E-state index in [4.69, 9.17) is 4.74 Å². The zero-order valence-electron chi connectivity index (χ0n) is 16.8. The lowest BCUT2D eigenvalue weighted by Crippen LogP contribution is -2.41. The van der Waals surface area contributed by atoms with Crippen molar-refractivity contribution in [3.63, 3.8) is 0 Å². The van der Waals surface area contributed by atoms with Gasteiger partial charge in [0.15, 0.2) is 0 Å². The molecule has 5 nitrogen and oxygen atoms in total. The van der Waals surface area contributed by atoms with Crippen molar-refractivity contribution in [3.8, 4) is 11.4 Å². The summed E-state index contributed by atoms with van der Waals surface area (Å²) in [6.45, 7) is 2.60. The summed E-state index contributed by atoms with van der Waals surface area (Å²) in [4.78, 5) is 11.5. The highest BCUT2D eigenvalue weighted by Gasteiger charge is 2.47. The minimum absolute atomic E-state index is 0.0691. The first kappa shape index (κ1) is 19.1. The van der Waals surface area contributed by atoms with Crippen molar-refractivity contribution in [2.45, 2.75) is 44.1 Å². The van der Waals surface area contributed by atoms with Crippen molar-refractivity contribution in [2.24, 2.45) is 5.92 Å². The number of phenols is 1. The van der Waals surface area contributed by atoms with Crippen LogP contribution in [0.5, 0.6) is 5.75 Å². The number of aromatic hydroxyl groups is 1. The Hall–Kier alpha value is -2.86. The molecule has 3 aromatic rings. The first-order chi connectivity index (χ1) is 14.4. The molecule has 0 amide bonds. The van der Waals surface area contributed by atoms with Crippen LogP contribution in [-0.2, 0) is 15.1 Å². The maximum atomic E-state index is 13.6. The molecule has 0 saturated heterocycles. The second kappa shape index (κ2) is 6.84. The minimum Gasteiger partial charge on any atom is -0.507 e. The van der Waals surface area contributed by atoms with E-state index in [0.717, 1.165) is 27.8 Å². The number of benzene rings is 2. The summed E-state index contributed by atoms with van der Waals surface area (Å²) in [7, 11) is 0. The second-order valence-corrected chi connectivity index (χ2v) is 8.56. The first-order valence-electron chi connectivity index (χ1n) is 10.4. The average molecular weight is 409 g/mol. The molecule has 2 N–H and O–H groups in total. The third-order valence-corrected chi connectivity index (χ3v) is 6.77. The van der Waals surface area contributed by atoms with Crippen LogP contribution < -0.4 is 0 Å². The van der Waals surface area contributed by atoms with Gasteiger partial charge < -0.3 is 19.5 Å². The molecule has 1 aliphatic carbocycles. The lowest BCUT2D eigenvalue weighted by Gasteiger charge is -2.44. The summed E-state index contributed by atoms with van der Waals surface area (Å²) in [5, 5.41) is 21.0. The number of aromatic nitrogens is 1. The number of halogens is 1. The van der Waals surface area contributed by atoms with Crippen LogP contribution in [-0.4, -0.2) is 27.4 Å². The summed E-state index contributed by atoms with van der Waals surface area (Å²) < 4.78 is 22.1. The Morgan fingerprint density at radius 2 is 1.87 bits per heavy atom. The molecule has 2 heterocycles. The molecule has 5 rings (SSSR count). The molecule has 30 heavy (non-hydrogen) atoms. The van der Waals surface area contributed by atoms with Crippen molar-refractivity contribution in [2.75, 3.05) is 6.61 Å². The molecule has 6 heteroatoms. The standard InChI is InChI=1S/C24H24FNO4/c1-14-13-30-24(11-9-15(10-12-24)23(28)29)21-20-18(3-2-4-19(20)27)26(22(14)21)17-7-5-16(25)6-8-17/h2-8,14-15,27H,9-13H2,1H3,(H,28,29). The van der Waals surface area contributed by atoms with E-state index >= 15 is 0 Å². The van der Waals surface area contributed by atoms with Gasteiger partial charge in [0.2, 0.25) is 0 Å². The highest BCUT2D eigenvalue weighted by Crippen LogP contribution is 2.53. The van der Waals surface area contributed by atoms with Crippen LogP contribution in [0.25, 0.3) is 16.6 Å². The Morgan fingerprint density at radius 3 is 2.53 bits per heavy atom. The number of nitrogens with zero attached hydrogens (tertiary/aromatic N) is 1. The first-order valence-corrected chi connectivity index (χ1v) is 10.4. The maximum absolute atomic E-state index is 13.6. The summed E-state index contributed by atoms with van der Waals surface area (Å²) >= 11 is 0. The molecule has 1 aliphatic heterocycles. The fraction of sp³-hybridized carbons (Fsp3) is 0.375. The number of ether oxygens (including phenoxy) is 1. The van der Waals surface area contributed by atoms with Crippen LogP contribution in [0.2, 0.25) is 0 Å². The van der Waals surface area contributed by atoms with Gasteiger partial charge in [-0.25, -0.2) is 4.39 Å². The molecule has 1 fully saturated rings. The van der Waals surface area contributed by atoms with Crippen LogP contribution in [0.15, 0.2) is 42.5 Å². The topological polar surface area (TPSA) is 71.7 Å². The van der Waals surface area contributed by atoms with E-state index in [2.05, 4.69) is 11.5 Å². The van der Waals surface area contributed by atoms with Gasteiger partial charge in [-0.3, -0.25) is 4.79 Å². The summed E-state index contributed by atoms with van der Waals surface area (Å²) in [6.07, 6.45) is 2.28.